The Balaban J connectivity index is 1.68. The molecule has 2 rings (SSSR count). The maximum absolute atomic E-state index is 11.8. The third-order valence-electron chi connectivity index (χ3n) is 3.87. The molecule has 0 fully saturated rings. The van der Waals surface area contributed by atoms with E-state index in [1.165, 1.54) is 12.4 Å². The van der Waals surface area contributed by atoms with Gasteiger partial charge in [-0.15, -0.1) is 0 Å². The molecular formula is C21H24N4O4. The van der Waals surface area contributed by atoms with E-state index in [-0.39, 0.29) is 24.7 Å². The van der Waals surface area contributed by atoms with Crippen LogP contribution in [0.3, 0.4) is 0 Å². The lowest BCUT2D eigenvalue weighted by Crippen LogP contribution is -2.20. The van der Waals surface area contributed by atoms with E-state index in [4.69, 9.17) is 9.47 Å². The SMILES string of the molecule is COc1ccccc1C=NNC(=O)CCCC(=O)N/N=C/c1ccccc1OC. The third kappa shape index (κ3) is 7.45. The van der Waals surface area contributed by atoms with Gasteiger partial charge in [0, 0.05) is 24.0 Å². The van der Waals surface area contributed by atoms with Gasteiger partial charge in [0.05, 0.1) is 26.6 Å². The molecule has 0 aliphatic heterocycles. The van der Waals surface area contributed by atoms with Gasteiger partial charge in [-0.25, -0.2) is 10.9 Å². The lowest BCUT2D eigenvalue weighted by atomic mass is 10.2. The number of benzene rings is 2. The van der Waals surface area contributed by atoms with Crippen LogP contribution in [0, 0.1) is 0 Å². The van der Waals surface area contributed by atoms with Crippen LogP contribution in [0.4, 0.5) is 0 Å². The van der Waals surface area contributed by atoms with Crippen molar-refractivity contribution in [2.45, 2.75) is 19.3 Å². The van der Waals surface area contributed by atoms with Crippen molar-refractivity contribution in [3.8, 4) is 11.5 Å². The minimum Gasteiger partial charge on any atom is -0.496 e. The molecule has 0 aliphatic rings. The summed E-state index contributed by atoms with van der Waals surface area (Å²) in [5, 5.41) is 7.81. The number of carbonyl (C=O) groups is 2. The van der Waals surface area contributed by atoms with Crippen molar-refractivity contribution < 1.29 is 19.1 Å². The number of ether oxygens (including phenoxy) is 2. The van der Waals surface area contributed by atoms with Crippen molar-refractivity contribution >= 4 is 24.2 Å². The number of amides is 2. The van der Waals surface area contributed by atoms with Gasteiger partial charge < -0.3 is 9.47 Å². The second kappa shape index (κ2) is 11.9. The van der Waals surface area contributed by atoms with E-state index in [1.807, 2.05) is 36.4 Å². The molecule has 2 amide bonds. The number of nitrogens with one attached hydrogen (secondary N) is 2. The van der Waals surface area contributed by atoms with Crippen LogP contribution in [0.5, 0.6) is 11.5 Å². The van der Waals surface area contributed by atoms with Crippen LogP contribution >= 0.6 is 0 Å². The minimum atomic E-state index is -0.276. The van der Waals surface area contributed by atoms with E-state index in [2.05, 4.69) is 21.1 Å². The zero-order valence-corrected chi connectivity index (χ0v) is 16.4. The smallest absolute Gasteiger partial charge is 0.240 e. The second-order valence-corrected chi connectivity index (χ2v) is 5.92. The molecule has 0 spiro atoms. The first kappa shape index (κ1) is 21.6. The normalized spacial score (nSPS) is 10.8. The Hall–Kier alpha value is -3.68. The Morgan fingerprint density at radius 3 is 1.62 bits per heavy atom. The zero-order chi connectivity index (χ0) is 20.9. The molecule has 2 N–H and O–H groups in total. The van der Waals surface area contributed by atoms with E-state index in [1.54, 1.807) is 26.4 Å². The molecule has 8 heteroatoms. The highest BCUT2D eigenvalue weighted by Gasteiger charge is 2.05. The summed E-state index contributed by atoms with van der Waals surface area (Å²) >= 11 is 0. The van der Waals surface area contributed by atoms with Crippen molar-refractivity contribution in [2.75, 3.05) is 14.2 Å². The molecule has 2 aromatic carbocycles. The number of rotatable bonds is 10. The van der Waals surface area contributed by atoms with Gasteiger partial charge in [0.2, 0.25) is 11.8 Å². The number of hydrogen-bond acceptors (Lipinski definition) is 6. The predicted molar refractivity (Wildman–Crippen MR) is 111 cm³/mol. The van der Waals surface area contributed by atoms with Crippen LogP contribution < -0.4 is 20.3 Å². The van der Waals surface area contributed by atoms with Gasteiger partial charge in [0.25, 0.3) is 0 Å². The van der Waals surface area contributed by atoms with Crippen molar-refractivity contribution in [1.82, 2.24) is 10.9 Å². The molecule has 0 unspecified atom stereocenters. The Kier molecular flexibility index (Phi) is 8.88. The number of methoxy groups -OCH3 is 2. The van der Waals surface area contributed by atoms with Crippen LogP contribution in [0.1, 0.15) is 30.4 Å². The Morgan fingerprint density at radius 1 is 0.793 bits per heavy atom. The maximum atomic E-state index is 11.8. The highest BCUT2D eigenvalue weighted by molar-refractivity contribution is 5.86. The quantitative estimate of drug-likeness (QED) is 0.476. The summed E-state index contributed by atoms with van der Waals surface area (Å²) in [6.07, 6.45) is 3.75. The van der Waals surface area contributed by atoms with E-state index >= 15 is 0 Å². The average Bonchev–Trinajstić information content (AvgIpc) is 2.74. The summed E-state index contributed by atoms with van der Waals surface area (Å²) in [5.41, 5.74) is 6.37. The first-order chi connectivity index (χ1) is 14.1. The Labute approximate surface area is 169 Å². The monoisotopic (exact) mass is 396 g/mol. The maximum Gasteiger partial charge on any atom is 0.240 e. The van der Waals surface area contributed by atoms with Crippen LogP contribution in [0.2, 0.25) is 0 Å². The number of hydrogen-bond donors (Lipinski definition) is 2. The molecule has 0 saturated carbocycles. The van der Waals surface area contributed by atoms with E-state index < -0.39 is 0 Å². The van der Waals surface area contributed by atoms with Gasteiger partial charge in [-0.1, -0.05) is 24.3 Å². The molecule has 0 saturated heterocycles. The molecule has 29 heavy (non-hydrogen) atoms. The Bertz CT molecular complexity index is 809. The van der Waals surface area contributed by atoms with Gasteiger partial charge in [0.1, 0.15) is 11.5 Å². The Morgan fingerprint density at radius 2 is 1.21 bits per heavy atom. The summed E-state index contributed by atoms with van der Waals surface area (Å²) in [6, 6.07) is 14.6. The number of carbonyl (C=O) groups excluding carboxylic acids is 2. The molecule has 0 radical (unpaired) electrons. The summed E-state index contributed by atoms with van der Waals surface area (Å²) in [6.45, 7) is 0. The highest BCUT2D eigenvalue weighted by atomic mass is 16.5. The number of hydrazone groups is 2. The molecular weight excluding hydrogens is 372 g/mol. The van der Waals surface area contributed by atoms with Crippen LogP contribution in [-0.4, -0.2) is 38.5 Å². The first-order valence-electron chi connectivity index (χ1n) is 9.04. The van der Waals surface area contributed by atoms with Gasteiger partial charge in [0.15, 0.2) is 0 Å². The molecule has 0 aromatic heterocycles. The number of nitrogens with zero attached hydrogens (tertiary/aromatic N) is 2. The molecule has 0 atom stereocenters. The van der Waals surface area contributed by atoms with Crippen molar-refractivity contribution in [3.05, 3.63) is 59.7 Å². The summed E-state index contributed by atoms with van der Waals surface area (Å²) < 4.78 is 10.4. The lowest BCUT2D eigenvalue weighted by Gasteiger charge is -2.04. The molecule has 0 heterocycles. The summed E-state index contributed by atoms with van der Waals surface area (Å²) in [5.74, 6) is 0.773. The van der Waals surface area contributed by atoms with E-state index in [9.17, 15) is 9.59 Å². The zero-order valence-electron chi connectivity index (χ0n) is 16.4. The van der Waals surface area contributed by atoms with E-state index in [0.29, 0.717) is 17.9 Å². The van der Waals surface area contributed by atoms with Gasteiger partial charge in [-0.05, 0) is 30.7 Å². The van der Waals surface area contributed by atoms with Crippen molar-refractivity contribution in [1.29, 1.82) is 0 Å². The predicted octanol–water partition coefficient (Wildman–Crippen LogP) is 2.47. The van der Waals surface area contributed by atoms with Crippen molar-refractivity contribution in [2.24, 2.45) is 10.2 Å². The fourth-order valence-corrected chi connectivity index (χ4v) is 2.42. The molecule has 152 valence electrons. The fourth-order valence-electron chi connectivity index (χ4n) is 2.42. The number of para-hydroxylation sites is 2. The first-order valence-corrected chi connectivity index (χ1v) is 9.04. The largest absolute Gasteiger partial charge is 0.496 e. The van der Waals surface area contributed by atoms with Crippen LogP contribution in [0.25, 0.3) is 0 Å². The van der Waals surface area contributed by atoms with Gasteiger partial charge in [-0.3, -0.25) is 9.59 Å². The van der Waals surface area contributed by atoms with Crippen molar-refractivity contribution in [3.63, 3.8) is 0 Å². The van der Waals surface area contributed by atoms with Gasteiger partial charge in [-0.2, -0.15) is 10.2 Å². The summed E-state index contributed by atoms with van der Waals surface area (Å²) in [4.78, 5) is 23.6. The lowest BCUT2D eigenvalue weighted by molar-refractivity contribution is -0.122. The second-order valence-electron chi connectivity index (χ2n) is 5.92. The third-order valence-corrected chi connectivity index (χ3v) is 3.87. The fraction of sp³-hybridized carbons (Fsp3) is 0.238. The highest BCUT2D eigenvalue weighted by Crippen LogP contribution is 2.15. The molecule has 2 aromatic rings. The summed E-state index contributed by atoms with van der Waals surface area (Å²) in [7, 11) is 3.13. The van der Waals surface area contributed by atoms with Crippen LogP contribution in [-0.2, 0) is 9.59 Å². The minimum absolute atomic E-state index is 0.174. The standard InChI is InChI=1S/C21H24N4O4/c1-28-18-10-5-3-8-16(18)14-22-24-20(26)12-7-13-21(27)25-23-15-17-9-4-6-11-19(17)29-2/h3-6,8-11,14-15H,7,12-13H2,1-2H3,(H,24,26)(H,25,27)/b22-14+,23-15?. The molecule has 8 nitrogen and oxygen atoms in total. The van der Waals surface area contributed by atoms with Gasteiger partial charge >= 0.3 is 0 Å². The average molecular weight is 396 g/mol. The van der Waals surface area contributed by atoms with E-state index in [0.717, 1.165) is 11.1 Å². The van der Waals surface area contributed by atoms with Crippen LogP contribution in [0.15, 0.2) is 58.7 Å². The molecule has 0 bridgehead atoms. The molecule has 0 aliphatic carbocycles. The topological polar surface area (TPSA) is 101 Å².